The lowest BCUT2D eigenvalue weighted by atomic mass is 10.0. The molecule has 0 unspecified atom stereocenters. The monoisotopic (exact) mass is 703 g/mol. The van der Waals surface area contributed by atoms with Crippen molar-refractivity contribution in [1.82, 2.24) is 4.57 Å². The van der Waals surface area contributed by atoms with Crippen LogP contribution in [0.1, 0.15) is 0 Å². The lowest BCUT2D eigenvalue weighted by Gasteiger charge is -2.29. The largest absolute Gasteiger partial charge is 0.311 e. The van der Waals surface area contributed by atoms with Crippen LogP contribution in [0.15, 0.2) is 224 Å². The summed E-state index contributed by atoms with van der Waals surface area (Å²) in [6.07, 6.45) is 0. The van der Waals surface area contributed by atoms with Gasteiger partial charge in [-0.15, -0.1) is 0 Å². The fourth-order valence-electron chi connectivity index (χ4n) is 8.03. The summed E-state index contributed by atoms with van der Waals surface area (Å²) in [6.45, 7) is 0. The minimum absolute atomic E-state index is 1.08. The molecule has 10 aromatic rings. The summed E-state index contributed by atoms with van der Waals surface area (Å²) in [7, 11) is 0. The molecule has 0 bridgehead atoms. The molecular formula is C52H37N3. The Morgan fingerprint density at radius 1 is 0.291 bits per heavy atom. The van der Waals surface area contributed by atoms with Crippen molar-refractivity contribution < 1.29 is 0 Å². The average molecular weight is 704 g/mol. The van der Waals surface area contributed by atoms with Crippen molar-refractivity contribution >= 4 is 66.7 Å². The molecule has 0 saturated carbocycles. The fraction of sp³-hybridized carbons (Fsp3) is 0. The van der Waals surface area contributed by atoms with Crippen LogP contribution >= 0.6 is 0 Å². The van der Waals surface area contributed by atoms with E-state index < -0.39 is 0 Å². The van der Waals surface area contributed by atoms with Crippen molar-refractivity contribution in [1.29, 1.82) is 0 Å². The van der Waals surface area contributed by atoms with Crippen LogP contribution in [0.25, 0.3) is 49.4 Å². The number of hydrogen-bond donors (Lipinski definition) is 0. The summed E-state index contributed by atoms with van der Waals surface area (Å²) < 4.78 is 2.39. The molecule has 0 fully saturated rings. The topological polar surface area (TPSA) is 11.4 Å². The van der Waals surface area contributed by atoms with Gasteiger partial charge in [0.15, 0.2) is 0 Å². The normalized spacial score (nSPS) is 11.3. The number of aromatic nitrogens is 1. The molecular weight excluding hydrogens is 667 g/mol. The van der Waals surface area contributed by atoms with Gasteiger partial charge in [0.2, 0.25) is 0 Å². The van der Waals surface area contributed by atoms with Crippen LogP contribution in [0, 0.1) is 0 Å². The lowest BCUT2D eigenvalue weighted by molar-refractivity contribution is 1.18. The van der Waals surface area contributed by atoms with Crippen molar-refractivity contribution in [3.8, 4) is 16.8 Å². The Hall–Kier alpha value is -7.36. The number of rotatable bonds is 8. The summed E-state index contributed by atoms with van der Waals surface area (Å²) in [5, 5.41) is 4.93. The van der Waals surface area contributed by atoms with Crippen LogP contribution in [-0.2, 0) is 0 Å². The molecule has 9 aromatic carbocycles. The molecule has 55 heavy (non-hydrogen) atoms. The first-order valence-corrected chi connectivity index (χ1v) is 18.8. The van der Waals surface area contributed by atoms with Crippen LogP contribution in [0.2, 0.25) is 0 Å². The number of fused-ring (bicyclic) bond motifs is 4. The molecule has 260 valence electrons. The van der Waals surface area contributed by atoms with Crippen LogP contribution in [-0.4, -0.2) is 4.57 Å². The van der Waals surface area contributed by atoms with E-state index in [4.69, 9.17) is 0 Å². The van der Waals surface area contributed by atoms with Gasteiger partial charge < -0.3 is 14.4 Å². The van der Waals surface area contributed by atoms with Gasteiger partial charge in [0.25, 0.3) is 0 Å². The Labute approximate surface area is 321 Å². The van der Waals surface area contributed by atoms with Gasteiger partial charge in [-0.1, -0.05) is 133 Å². The summed E-state index contributed by atoms with van der Waals surface area (Å²) in [4.78, 5) is 4.69. The molecule has 0 N–H and O–H groups in total. The Morgan fingerprint density at radius 3 is 1.40 bits per heavy atom. The summed E-state index contributed by atoms with van der Waals surface area (Å²) in [6, 6.07) is 80.5. The van der Waals surface area contributed by atoms with Crippen molar-refractivity contribution in [2.45, 2.75) is 0 Å². The zero-order valence-corrected chi connectivity index (χ0v) is 30.2. The van der Waals surface area contributed by atoms with Crippen molar-refractivity contribution in [3.63, 3.8) is 0 Å². The van der Waals surface area contributed by atoms with E-state index >= 15 is 0 Å². The summed E-state index contributed by atoms with van der Waals surface area (Å²) >= 11 is 0. The van der Waals surface area contributed by atoms with Gasteiger partial charge in [-0.3, -0.25) is 0 Å². The molecule has 0 aliphatic heterocycles. The van der Waals surface area contributed by atoms with E-state index in [2.05, 4.69) is 239 Å². The molecule has 0 spiro atoms. The Morgan fingerprint density at radius 2 is 0.745 bits per heavy atom. The molecule has 3 nitrogen and oxygen atoms in total. The van der Waals surface area contributed by atoms with Crippen LogP contribution in [0.3, 0.4) is 0 Å². The molecule has 0 atom stereocenters. The van der Waals surface area contributed by atoms with Gasteiger partial charge in [0.1, 0.15) is 0 Å². The van der Waals surface area contributed by atoms with E-state index in [0.717, 1.165) is 50.9 Å². The molecule has 10 rings (SSSR count). The van der Waals surface area contributed by atoms with Gasteiger partial charge in [-0.25, -0.2) is 0 Å². The maximum atomic E-state index is 2.39. The average Bonchev–Trinajstić information content (AvgIpc) is 3.60. The van der Waals surface area contributed by atoms with Crippen LogP contribution < -0.4 is 9.80 Å². The molecule has 0 aliphatic rings. The van der Waals surface area contributed by atoms with Crippen LogP contribution in [0.5, 0.6) is 0 Å². The summed E-state index contributed by atoms with van der Waals surface area (Å²) in [5.41, 5.74) is 12.5. The van der Waals surface area contributed by atoms with E-state index in [0.29, 0.717) is 0 Å². The zero-order chi connectivity index (χ0) is 36.6. The second-order valence-corrected chi connectivity index (χ2v) is 13.8. The third-order valence-corrected chi connectivity index (χ3v) is 10.5. The third kappa shape index (κ3) is 5.89. The first-order chi connectivity index (χ1) is 27.3. The van der Waals surface area contributed by atoms with E-state index in [-0.39, 0.29) is 0 Å². The van der Waals surface area contributed by atoms with E-state index in [9.17, 15) is 0 Å². The van der Waals surface area contributed by atoms with Crippen molar-refractivity contribution in [2.75, 3.05) is 9.80 Å². The van der Waals surface area contributed by atoms with Gasteiger partial charge in [-0.05, 0) is 108 Å². The quantitative estimate of drug-likeness (QED) is 0.156. The third-order valence-electron chi connectivity index (χ3n) is 10.5. The van der Waals surface area contributed by atoms with E-state index in [1.807, 2.05) is 0 Å². The molecule has 3 heteroatoms. The summed E-state index contributed by atoms with van der Waals surface area (Å²) in [5.74, 6) is 0. The first-order valence-electron chi connectivity index (χ1n) is 18.8. The minimum atomic E-state index is 1.08. The molecule has 0 aliphatic carbocycles. The SMILES string of the molecule is c1ccc(N(c2ccccc2)c2ccc(N(c3cccc(-c4cccc(-n5c6ccccc6c6ccccc65)c4)c3)c3cccc4ccccc34)cc2)cc1. The molecule has 0 radical (unpaired) electrons. The molecule has 1 heterocycles. The minimum Gasteiger partial charge on any atom is -0.311 e. The maximum Gasteiger partial charge on any atom is 0.0541 e. The highest BCUT2D eigenvalue weighted by atomic mass is 15.2. The Kier molecular flexibility index (Phi) is 8.16. The second-order valence-electron chi connectivity index (χ2n) is 13.8. The highest BCUT2D eigenvalue weighted by Gasteiger charge is 2.19. The standard InChI is InChI=1S/C52H37N3/c1-3-20-41(21-4-1)53(42-22-5-2-6-23-42)43-32-34-44(35-33-43)54(50-31-15-17-38-16-7-8-26-47(38)50)45-24-13-18-39(36-45)40-19-14-25-46(37-40)55-51-29-11-9-27-48(51)49-28-10-12-30-52(49)55/h1-37H. The predicted octanol–water partition coefficient (Wildman–Crippen LogP) is 14.5. The number of anilines is 6. The predicted molar refractivity (Wildman–Crippen MR) is 233 cm³/mol. The molecule has 1 aromatic heterocycles. The fourth-order valence-corrected chi connectivity index (χ4v) is 8.03. The van der Waals surface area contributed by atoms with Gasteiger partial charge in [0, 0.05) is 50.3 Å². The van der Waals surface area contributed by atoms with Gasteiger partial charge in [-0.2, -0.15) is 0 Å². The Bertz CT molecular complexity index is 2830. The lowest BCUT2D eigenvalue weighted by Crippen LogP contribution is -2.12. The Balaban J connectivity index is 1.09. The molecule has 0 saturated heterocycles. The highest BCUT2D eigenvalue weighted by molar-refractivity contribution is 6.09. The number of hydrogen-bond acceptors (Lipinski definition) is 2. The highest BCUT2D eigenvalue weighted by Crippen LogP contribution is 2.42. The number of nitrogens with zero attached hydrogens (tertiary/aromatic N) is 3. The number of para-hydroxylation sites is 4. The van der Waals surface area contributed by atoms with Gasteiger partial charge in [0.05, 0.1) is 16.7 Å². The zero-order valence-electron chi connectivity index (χ0n) is 30.2. The van der Waals surface area contributed by atoms with E-state index in [1.54, 1.807) is 0 Å². The first kappa shape index (κ1) is 32.3. The van der Waals surface area contributed by atoms with E-state index in [1.165, 1.54) is 32.6 Å². The number of benzene rings is 9. The smallest absolute Gasteiger partial charge is 0.0541 e. The maximum absolute atomic E-state index is 2.39. The van der Waals surface area contributed by atoms with Crippen LogP contribution in [0.4, 0.5) is 34.1 Å². The van der Waals surface area contributed by atoms with Crippen molar-refractivity contribution in [3.05, 3.63) is 224 Å². The van der Waals surface area contributed by atoms with Crippen molar-refractivity contribution in [2.24, 2.45) is 0 Å². The van der Waals surface area contributed by atoms with Gasteiger partial charge >= 0.3 is 0 Å². The second kappa shape index (κ2) is 13.9. The molecule has 0 amide bonds.